The number of thioether (sulfide) groups is 1. The number of aromatic nitrogens is 2. The fourth-order valence-electron chi connectivity index (χ4n) is 1.28. The zero-order chi connectivity index (χ0) is 14.1. The summed E-state index contributed by atoms with van der Waals surface area (Å²) in [6.07, 6.45) is 2.33. The number of nitrogens with two attached hydrogens (primary N) is 1. The summed E-state index contributed by atoms with van der Waals surface area (Å²) in [5.74, 6) is 0.506. The third-order valence-electron chi connectivity index (χ3n) is 2.16. The van der Waals surface area contributed by atoms with Crippen molar-refractivity contribution in [3.8, 4) is 0 Å². The molecule has 7 heteroatoms. The summed E-state index contributed by atoms with van der Waals surface area (Å²) in [5.41, 5.74) is 5.92. The van der Waals surface area contributed by atoms with Crippen molar-refractivity contribution in [3.63, 3.8) is 0 Å². The molecule has 0 spiro atoms. The van der Waals surface area contributed by atoms with Crippen LogP contribution in [0.2, 0.25) is 0 Å². The van der Waals surface area contributed by atoms with E-state index in [-0.39, 0.29) is 11.4 Å². The summed E-state index contributed by atoms with van der Waals surface area (Å²) < 4.78 is 10.1. The summed E-state index contributed by atoms with van der Waals surface area (Å²) in [6, 6.07) is 0. The molecule has 0 bridgehead atoms. The molecule has 1 rings (SSSR count). The first-order chi connectivity index (χ1) is 9.19. The van der Waals surface area contributed by atoms with Gasteiger partial charge in [-0.2, -0.15) is 0 Å². The average molecular weight is 285 g/mol. The van der Waals surface area contributed by atoms with Gasteiger partial charge in [-0.1, -0.05) is 11.8 Å². The molecule has 0 unspecified atom stereocenters. The Balaban J connectivity index is 2.49. The van der Waals surface area contributed by atoms with E-state index in [0.29, 0.717) is 11.8 Å². The Bertz CT molecular complexity index is 415. The number of ether oxygens (including phenoxy) is 2. The third-order valence-corrected chi connectivity index (χ3v) is 3.11. The predicted molar refractivity (Wildman–Crippen MR) is 74.2 cm³/mol. The summed E-state index contributed by atoms with van der Waals surface area (Å²) in [5, 5.41) is 0.557. The lowest BCUT2D eigenvalue weighted by Crippen LogP contribution is -2.10. The van der Waals surface area contributed by atoms with Crippen LogP contribution in [0.5, 0.6) is 0 Å². The third kappa shape index (κ3) is 5.44. The molecule has 0 amide bonds. The van der Waals surface area contributed by atoms with Gasteiger partial charge < -0.3 is 15.2 Å². The Labute approximate surface area is 117 Å². The van der Waals surface area contributed by atoms with E-state index in [0.717, 1.165) is 25.4 Å². The lowest BCUT2D eigenvalue weighted by Gasteiger charge is -2.06. The van der Waals surface area contributed by atoms with E-state index in [4.69, 9.17) is 15.2 Å². The zero-order valence-corrected chi connectivity index (χ0v) is 12.0. The Hall–Kier alpha value is -1.34. The number of hydrogen-bond acceptors (Lipinski definition) is 7. The first kappa shape index (κ1) is 15.7. The van der Waals surface area contributed by atoms with Gasteiger partial charge in [0.05, 0.1) is 6.61 Å². The molecular formula is C12H19N3O3S. The molecule has 1 heterocycles. The van der Waals surface area contributed by atoms with Crippen LogP contribution < -0.4 is 5.73 Å². The number of esters is 1. The first-order valence-corrected chi connectivity index (χ1v) is 7.17. The van der Waals surface area contributed by atoms with Crippen LogP contribution >= 0.6 is 11.8 Å². The number of nitrogens with zero attached hydrogens (tertiary/aromatic N) is 2. The molecule has 2 N–H and O–H groups in total. The minimum absolute atomic E-state index is 0.153. The second-order valence-electron chi connectivity index (χ2n) is 3.57. The van der Waals surface area contributed by atoms with Crippen LogP contribution in [0, 0.1) is 0 Å². The van der Waals surface area contributed by atoms with Crippen molar-refractivity contribution in [2.24, 2.45) is 0 Å². The molecule has 1 aromatic rings. The smallest absolute Gasteiger partial charge is 0.343 e. The van der Waals surface area contributed by atoms with Gasteiger partial charge in [0.1, 0.15) is 11.4 Å². The lowest BCUT2D eigenvalue weighted by molar-refractivity contribution is 0.0526. The largest absolute Gasteiger partial charge is 0.462 e. The van der Waals surface area contributed by atoms with E-state index in [1.807, 2.05) is 6.92 Å². The highest BCUT2D eigenvalue weighted by Gasteiger charge is 2.13. The number of anilines is 1. The van der Waals surface area contributed by atoms with E-state index >= 15 is 0 Å². The van der Waals surface area contributed by atoms with Crippen LogP contribution in [0.3, 0.4) is 0 Å². The molecule has 6 nitrogen and oxygen atoms in total. The molecule has 0 radical (unpaired) electrons. The Morgan fingerprint density at radius 3 is 2.84 bits per heavy atom. The Morgan fingerprint density at radius 1 is 1.42 bits per heavy atom. The van der Waals surface area contributed by atoms with Crippen LogP contribution in [0.25, 0.3) is 0 Å². The number of nitrogen functional groups attached to an aromatic ring is 1. The van der Waals surface area contributed by atoms with Crippen molar-refractivity contribution in [2.45, 2.75) is 25.4 Å². The van der Waals surface area contributed by atoms with Gasteiger partial charge in [-0.05, 0) is 20.3 Å². The quantitative estimate of drug-likeness (QED) is 0.337. The molecular weight excluding hydrogens is 266 g/mol. The van der Waals surface area contributed by atoms with Gasteiger partial charge in [0.25, 0.3) is 0 Å². The molecule has 0 aliphatic rings. The van der Waals surface area contributed by atoms with Crippen molar-refractivity contribution < 1.29 is 14.3 Å². The second-order valence-corrected chi connectivity index (χ2v) is 4.63. The van der Waals surface area contributed by atoms with Gasteiger partial charge in [-0.3, -0.25) is 0 Å². The number of carbonyl (C=O) groups is 1. The topological polar surface area (TPSA) is 87.3 Å². The fourth-order valence-corrected chi connectivity index (χ4v) is 2.02. The lowest BCUT2D eigenvalue weighted by atomic mass is 10.3. The van der Waals surface area contributed by atoms with Crippen LogP contribution in [-0.2, 0) is 9.47 Å². The second kappa shape index (κ2) is 8.71. The highest BCUT2D eigenvalue weighted by atomic mass is 32.2. The summed E-state index contributed by atoms with van der Waals surface area (Å²) in [7, 11) is 0. The van der Waals surface area contributed by atoms with Crippen molar-refractivity contribution in [3.05, 3.63) is 11.8 Å². The molecule has 0 saturated carbocycles. The maximum absolute atomic E-state index is 11.5. The maximum atomic E-state index is 11.5. The maximum Gasteiger partial charge on any atom is 0.343 e. The van der Waals surface area contributed by atoms with Crippen molar-refractivity contribution >= 4 is 23.5 Å². The minimum atomic E-state index is -0.493. The van der Waals surface area contributed by atoms with E-state index in [9.17, 15) is 4.79 Å². The van der Waals surface area contributed by atoms with E-state index in [1.165, 1.54) is 18.0 Å². The monoisotopic (exact) mass is 285 g/mol. The molecule has 0 fully saturated rings. The molecule has 0 atom stereocenters. The summed E-state index contributed by atoms with van der Waals surface area (Å²) in [4.78, 5) is 19.7. The molecule has 0 saturated heterocycles. The van der Waals surface area contributed by atoms with E-state index in [1.54, 1.807) is 6.92 Å². The Morgan fingerprint density at radius 2 is 2.21 bits per heavy atom. The van der Waals surface area contributed by atoms with Gasteiger partial charge in [0.2, 0.25) is 0 Å². The molecule has 19 heavy (non-hydrogen) atoms. The molecule has 106 valence electrons. The van der Waals surface area contributed by atoms with Crippen molar-refractivity contribution in [2.75, 3.05) is 31.3 Å². The summed E-state index contributed by atoms with van der Waals surface area (Å²) >= 11 is 1.48. The van der Waals surface area contributed by atoms with Gasteiger partial charge >= 0.3 is 5.97 Å². The Kier molecular flexibility index (Phi) is 7.20. The molecule has 0 aromatic carbocycles. The molecule has 0 aliphatic heterocycles. The van der Waals surface area contributed by atoms with Crippen molar-refractivity contribution in [1.82, 2.24) is 9.97 Å². The highest BCUT2D eigenvalue weighted by Crippen LogP contribution is 2.17. The van der Waals surface area contributed by atoms with E-state index < -0.39 is 5.97 Å². The SMILES string of the molecule is CCOCCCSc1ncc(C(=O)OCC)c(N)n1. The van der Waals surface area contributed by atoms with Crippen LogP contribution in [0.15, 0.2) is 11.4 Å². The zero-order valence-electron chi connectivity index (χ0n) is 11.2. The van der Waals surface area contributed by atoms with Gasteiger partial charge in [0, 0.05) is 25.2 Å². The number of carbonyl (C=O) groups excluding carboxylic acids is 1. The highest BCUT2D eigenvalue weighted by molar-refractivity contribution is 7.99. The molecule has 0 aliphatic carbocycles. The van der Waals surface area contributed by atoms with Crippen molar-refractivity contribution in [1.29, 1.82) is 0 Å². The van der Waals surface area contributed by atoms with E-state index in [2.05, 4.69) is 9.97 Å². The standard InChI is InChI=1S/C12H19N3O3S/c1-3-17-6-5-7-19-12-14-8-9(10(13)15-12)11(16)18-4-2/h8H,3-7H2,1-2H3,(H2,13,14,15). The molecule has 1 aromatic heterocycles. The fraction of sp³-hybridized carbons (Fsp3) is 0.583. The van der Waals surface area contributed by atoms with Crippen LogP contribution in [0.4, 0.5) is 5.82 Å². The number of hydrogen-bond donors (Lipinski definition) is 1. The van der Waals surface area contributed by atoms with Gasteiger partial charge in [-0.15, -0.1) is 0 Å². The van der Waals surface area contributed by atoms with Gasteiger partial charge in [-0.25, -0.2) is 14.8 Å². The first-order valence-electron chi connectivity index (χ1n) is 6.19. The van der Waals surface area contributed by atoms with Crippen LogP contribution in [-0.4, -0.2) is 41.5 Å². The number of rotatable bonds is 8. The summed E-state index contributed by atoms with van der Waals surface area (Å²) in [6.45, 7) is 5.44. The normalized spacial score (nSPS) is 10.4. The van der Waals surface area contributed by atoms with Gasteiger partial charge in [0.15, 0.2) is 5.16 Å². The minimum Gasteiger partial charge on any atom is -0.462 e. The average Bonchev–Trinajstić information content (AvgIpc) is 2.39. The predicted octanol–water partition coefficient (Wildman–Crippen LogP) is 1.75. The van der Waals surface area contributed by atoms with Crippen LogP contribution in [0.1, 0.15) is 30.6 Å².